The Balaban J connectivity index is 1.93. The second kappa shape index (κ2) is 5.74. The van der Waals surface area contributed by atoms with Crippen molar-refractivity contribution < 1.29 is 0 Å². The first-order chi connectivity index (χ1) is 7.75. The number of nitrogens with two attached hydrogens (primary N) is 1. The molecule has 1 atom stereocenters. The Morgan fingerprint density at radius 1 is 1.12 bits per heavy atom. The van der Waals surface area contributed by atoms with E-state index in [1.165, 1.54) is 42.6 Å². The minimum absolute atomic E-state index is 0.147. The molecule has 0 amide bonds. The van der Waals surface area contributed by atoms with Crippen LogP contribution >= 0.6 is 11.8 Å². The van der Waals surface area contributed by atoms with E-state index in [-0.39, 0.29) is 6.04 Å². The number of rotatable bonds is 3. The van der Waals surface area contributed by atoms with Crippen molar-refractivity contribution in [2.45, 2.75) is 55.2 Å². The average molecular weight is 235 g/mol. The maximum atomic E-state index is 5.84. The van der Waals surface area contributed by atoms with Gasteiger partial charge in [0, 0.05) is 16.2 Å². The molecule has 1 aromatic rings. The van der Waals surface area contributed by atoms with Gasteiger partial charge in [-0.1, -0.05) is 31.4 Å². The van der Waals surface area contributed by atoms with Gasteiger partial charge in [-0.15, -0.1) is 11.8 Å². The van der Waals surface area contributed by atoms with Gasteiger partial charge in [-0.2, -0.15) is 0 Å². The fraction of sp³-hybridized carbons (Fsp3) is 0.571. The Kier molecular flexibility index (Phi) is 4.30. The third-order valence-corrected chi connectivity index (χ3v) is 4.61. The molecule has 0 saturated heterocycles. The van der Waals surface area contributed by atoms with Gasteiger partial charge in [0.25, 0.3) is 0 Å². The van der Waals surface area contributed by atoms with Gasteiger partial charge in [-0.3, -0.25) is 0 Å². The van der Waals surface area contributed by atoms with Crippen LogP contribution in [0.4, 0.5) is 0 Å². The lowest BCUT2D eigenvalue weighted by Gasteiger charge is -2.21. The van der Waals surface area contributed by atoms with Crippen LogP contribution in [0.25, 0.3) is 0 Å². The van der Waals surface area contributed by atoms with Crippen LogP contribution in [0.2, 0.25) is 0 Å². The molecule has 0 aromatic heterocycles. The summed E-state index contributed by atoms with van der Waals surface area (Å²) >= 11 is 2.04. The van der Waals surface area contributed by atoms with Crippen molar-refractivity contribution in [1.29, 1.82) is 0 Å². The monoisotopic (exact) mass is 235 g/mol. The molecule has 16 heavy (non-hydrogen) atoms. The summed E-state index contributed by atoms with van der Waals surface area (Å²) < 4.78 is 0. The van der Waals surface area contributed by atoms with Crippen LogP contribution in [-0.4, -0.2) is 5.25 Å². The third kappa shape index (κ3) is 3.26. The van der Waals surface area contributed by atoms with Gasteiger partial charge in [0.1, 0.15) is 0 Å². The second-order valence-electron chi connectivity index (χ2n) is 4.74. The van der Waals surface area contributed by atoms with Crippen molar-refractivity contribution in [1.82, 2.24) is 0 Å². The molecule has 1 aromatic carbocycles. The molecular formula is C14H21NS. The summed E-state index contributed by atoms with van der Waals surface area (Å²) in [5.41, 5.74) is 7.07. The van der Waals surface area contributed by atoms with Gasteiger partial charge >= 0.3 is 0 Å². The lowest BCUT2D eigenvalue weighted by atomic mass is 10.0. The number of hydrogen-bond acceptors (Lipinski definition) is 2. The first-order valence-corrected chi connectivity index (χ1v) is 7.16. The molecule has 0 bridgehead atoms. The van der Waals surface area contributed by atoms with Crippen LogP contribution in [-0.2, 0) is 0 Å². The predicted octanol–water partition coefficient (Wildman–Crippen LogP) is 4.13. The highest BCUT2D eigenvalue weighted by molar-refractivity contribution is 8.00. The van der Waals surface area contributed by atoms with E-state index in [9.17, 15) is 0 Å². The van der Waals surface area contributed by atoms with E-state index in [1.54, 1.807) is 0 Å². The van der Waals surface area contributed by atoms with E-state index >= 15 is 0 Å². The summed E-state index contributed by atoms with van der Waals surface area (Å²) in [5.74, 6) is 0. The van der Waals surface area contributed by atoms with Crippen LogP contribution in [0.3, 0.4) is 0 Å². The molecule has 1 saturated carbocycles. The SMILES string of the molecule is CC(N)c1ccc(SC2CCCCC2)cc1. The van der Waals surface area contributed by atoms with E-state index in [0.29, 0.717) is 0 Å². The Hall–Kier alpha value is -0.470. The lowest BCUT2D eigenvalue weighted by molar-refractivity contribution is 0.516. The van der Waals surface area contributed by atoms with Crippen molar-refractivity contribution in [3.8, 4) is 0 Å². The van der Waals surface area contributed by atoms with Gasteiger partial charge in [-0.05, 0) is 37.5 Å². The van der Waals surface area contributed by atoms with Crippen LogP contribution in [0, 0.1) is 0 Å². The molecule has 1 fully saturated rings. The average Bonchev–Trinajstić information content (AvgIpc) is 2.31. The van der Waals surface area contributed by atoms with Gasteiger partial charge in [0.2, 0.25) is 0 Å². The van der Waals surface area contributed by atoms with Gasteiger partial charge in [0.05, 0.1) is 0 Å². The predicted molar refractivity (Wildman–Crippen MR) is 71.8 cm³/mol. The molecule has 88 valence electrons. The molecular weight excluding hydrogens is 214 g/mol. The molecule has 0 spiro atoms. The van der Waals surface area contributed by atoms with Gasteiger partial charge in [-0.25, -0.2) is 0 Å². The zero-order chi connectivity index (χ0) is 11.4. The van der Waals surface area contributed by atoms with E-state index in [0.717, 1.165) is 5.25 Å². The first kappa shape index (κ1) is 12.0. The Morgan fingerprint density at radius 2 is 1.75 bits per heavy atom. The van der Waals surface area contributed by atoms with Crippen LogP contribution in [0.5, 0.6) is 0 Å². The third-order valence-electron chi connectivity index (χ3n) is 3.26. The van der Waals surface area contributed by atoms with Crippen LogP contribution in [0.15, 0.2) is 29.2 Å². The van der Waals surface area contributed by atoms with E-state index in [1.807, 2.05) is 18.7 Å². The molecule has 1 aliphatic rings. The topological polar surface area (TPSA) is 26.0 Å². The number of thioether (sulfide) groups is 1. The quantitative estimate of drug-likeness (QED) is 0.852. The highest BCUT2D eigenvalue weighted by Crippen LogP contribution is 2.33. The highest BCUT2D eigenvalue weighted by Gasteiger charge is 2.14. The van der Waals surface area contributed by atoms with E-state index in [2.05, 4.69) is 24.3 Å². The summed E-state index contributed by atoms with van der Waals surface area (Å²) in [6, 6.07) is 8.91. The Labute approximate surface area is 103 Å². The summed E-state index contributed by atoms with van der Waals surface area (Å²) in [5, 5.41) is 0.842. The largest absolute Gasteiger partial charge is 0.324 e. The molecule has 2 heteroatoms. The van der Waals surface area contributed by atoms with Crippen LogP contribution < -0.4 is 5.73 Å². The maximum Gasteiger partial charge on any atom is 0.0266 e. The lowest BCUT2D eigenvalue weighted by Crippen LogP contribution is -2.08. The van der Waals surface area contributed by atoms with Crippen molar-refractivity contribution in [2.24, 2.45) is 5.73 Å². The summed E-state index contributed by atoms with van der Waals surface area (Å²) in [4.78, 5) is 1.40. The first-order valence-electron chi connectivity index (χ1n) is 6.28. The normalized spacial score (nSPS) is 19.6. The van der Waals surface area contributed by atoms with Crippen molar-refractivity contribution >= 4 is 11.8 Å². The zero-order valence-corrected chi connectivity index (χ0v) is 10.8. The molecule has 0 aliphatic heterocycles. The number of benzene rings is 1. The van der Waals surface area contributed by atoms with Crippen molar-refractivity contribution in [3.05, 3.63) is 29.8 Å². The fourth-order valence-corrected chi connectivity index (χ4v) is 3.47. The standard InChI is InChI=1S/C14H21NS/c1-11(15)12-7-9-14(10-8-12)16-13-5-3-2-4-6-13/h7-11,13H,2-6,15H2,1H3. The molecule has 0 heterocycles. The molecule has 2 rings (SSSR count). The fourth-order valence-electron chi connectivity index (χ4n) is 2.23. The van der Waals surface area contributed by atoms with Crippen LogP contribution in [0.1, 0.15) is 50.6 Å². The molecule has 1 unspecified atom stereocenters. The second-order valence-corrected chi connectivity index (χ2v) is 6.11. The highest BCUT2D eigenvalue weighted by atomic mass is 32.2. The molecule has 1 nitrogen and oxygen atoms in total. The molecule has 0 radical (unpaired) electrons. The molecule has 1 aliphatic carbocycles. The van der Waals surface area contributed by atoms with E-state index < -0.39 is 0 Å². The number of hydrogen-bond donors (Lipinski definition) is 1. The Bertz CT molecular complexity index is 312. The zero-order valence-electron chi connectivity index (χ0n) is 9.99. The smallest absolute Gasteiger partial charge is 0.0266 e. The Morgan fingerprint density at radius 3 is 2.31 bits per heavy atom. The van der Waals surface area contributed by atoms with Crippen molar-refractivity contribution in [3.63, 3.8) is 0 Å². The summed E-state index contributed by atoms with van der Waals surface area (Å²) in [7, 11) is 0. The van der Waals surface area contributed by atoms with Gasteiger partial charge in [0.15, 0.2) is 0 Å². The summed E-state index contributed by atoms with van der Waals surface area (Å²) in [6.45, 7) is 2.03. The van der Waals surface area contributed by atoms with Crippen molar-refractivity contribution in [2.75, 3.05) is 0 Å². The van der Waals surface area contributed by atoms with E-state index in [4.69, 9.17) is 5.73 Å². The molecule has 2 N–H and O–H groups in total. The minimum atomic E-state index is 0.147. The van der Waals surface area contributed by atoms with Gasteiger partial charge < -0.3 is 5.73 Å². The minimum Gasteiger partial charge on any atom is -0.324 e. The summed E-state index contributed by atoms with van der Waals surface area (Å²) in [6.07, 6.45) is 7.03. The maximum absolute atomic E-state index is 5.84.